The normalized spacial score (nSPS) is 11.0. The van der Waals surface area contributed by atoms with E-state index in [0.29, 0.717) is 16.9 Å². The van der Waals surface area contributed by atoms with Crippen LogP contribution in [0.5, 0.6) is 11.5 Å². The monoisotopic (exact) mass is 476 g/mol. The number of benzene rings is 2. The number of primary sulfonamides is 1. The molecule has 174 valence electrons. The summed E-state index contributed by atoms with van der Waals surface area (Å²) in [5.74, 6) is -0.966. The zero-order chi connectivity index (χ0) is 24.2. The summed E-state index contributed by atoms with van der Waals surface area (Å²) in [6.45, 7) is 1.28. The number of methoxy groups -OCH3 is 1. The fourth-order valence-electron chi connectivity index (χ4n) is 2.78. The van der Waals surface area contributed by atoms with Crippen molar-refractivity contribution in [1.29, 1.82) is 0 Å². The molecule has 0 radical (unpaired) electrons. The van der Waals surface area contributed by atoms with Crippen molar-refractivity contribution in [1.82, 2.24) is 9.97 Å². The summed E-state index contributed by atoms with van der Waals surface area (Å²) in [7, 11) is -2.52. The fourth-order valence-corrected chi connectivity index (χ4v) is 3.59. The molecule has 13 heteroatoms. The molecule has 33 heavy (non-hydrogen) atoms. The molecule has 6 N–H and O–H groups in total. The zero-order valence-electron chi connectivity index (χ0n) is 17.6. The first-order valence-electron chi connectivity index (χ1n) is 9.36. The number of rotatable bonds is 9. The summed E-state index contributed by atoms with van der Waals surface area (Å²) in [4.78, 5) is 18.8. The van der Waals surface area contributed by atoms with E-state index in [2.05, 4.69) is 20.6 Å². The molecule has 0 spiro atoms. The van der Waals surface area contributed by atoms with Gasteiger partial charge in [0.2, 0.25) is 16.0 Å². The highest BCUT2D eigenvalue weighted by Crippen LogP contribution is 2.32. The standard InChI is InChI=1S/C20H21FN6O5S/c1-11-3-4-13(8-17(11)33(23,29)30)26-20-24-9-14(21)19(27-20)25-12-5-6-15(16(7-12)31-2)32-10-18(22)28/h3-9H,10H2,1-2H3,(H2,22,28)(H2,23,29,30)(H2,24,25,26,27). The molecule has 0 bridgehead atoms. The van der Waals surface area contributed by atoms with E-state index in [9.17, 15) is 17.6 Å². The second kappa shape index (κ2) is 9.67. The summed E-state index contributed by atoms with van der Waals surface area (Å²) in [6, 6.07) is 9.11. The van der Waals surface area contributed by atoms with Gasteiger partial charge in [0.15, 0.2) is 29.7 Å². The Hall–Kier alpha value is -3.97. The number of carbonyl (C=O) groups excluding carboxylic acids is 1. The van der Waals surface area contributed by atoms with Crippen molar-refractivity contribution >= 4 is 39.1 Å². The second-order valence-electron chi connectivity index (χ2n) is 6.79. The first-order valence-corrected chi connectivity index (χ1v) is 10.9. The van der Waals surface area contributed by atoms with Crippen molar-refractivity contribution in [2.45, 2.75) is 11.8 Å². The van der Waals surface area contributed by atoms with Gasteiger partial charge in [-0.3, -0.25) is 4.79 Å². The van der Waals surface area contributed by atoms with E-state index < -0.39 is 21.7 Å². The average Bonchev–Trinajstić information content (AvgIpc) is 2.75. The van der Waals surface area contributed by atoms with Crippen LogP contribution < -0.4 is 31.0 Å². The third kappa shape index (κ3) is 6.05. The van der Waals surface area contributed by atoms with Crippen LogP contribution in [0.3, 0.4) is 0 Å². The van der Waals surface area contributed by atoms with Crippen LogP contribution in [0.25, 0.3) is 0 Å². The number of carbonyl (C=O) groups is 1. The molecule has 0 saturated heterocycles. The minimum absolute atomic E-state index is 0.0106. The molecule has 1 amide bonds. The Morgan fingerprint density at radius 2 is 1.82 bits per heavy atom. The number of sulfonamides is 1. The van der Waals surface area contributed by atoms with E-state index >= 15 is 0 Å². The number of nitrogens with zero attached hydrogens (tertiary/aromatic N) is 2. The van der Waals surface area contributed by atoms with Gasteiger partial charge in [0, 0.05) is 17.4 Å². The number of nitrogens with one attached hydrogen (secondary N) is 2. The Labute approximate surface area is 189 Å². The highest BCUT2D eigenvalue weighted by Gasteiger charge is 2.14. The van der Waals surface area contributed by atoms with Crippen LogP contribution in [0.1, 0.15) is 5.56 Å². The maximum Gasteiger partial charge on any atom is 0.255 e. The van der Waals surface area contributed by atoms with E-state index in [4.69, 9.17) is 20.3 Å². The van der Waals surface area contributed by atoms with Crippen LogP contribution in [0, 0.1) is 12.7 Å². The van der Waals surface area contributed by atoms with Gasteiger partial charge in [0.05, 0.1) is 18.2 Å². The Kier molecular flexibility index (Phi) is 6.94. The molecule has 0 fully saturated rings. The molecule has 0 saturated carbocycles. The smallest absolute Gasteiger partial charge is 0.255 e. The number of halogens is 1. The van der Waals surface area contributed by atoms with Crippen LogP contribution in [0.4, 0.5) is 27.5 Å². The van der Waals surface area contributed by atoms with Crippen LogP contribution in [-0.4, -0.2) is 38.0 Å². The summed E-state index contributed by atoms with van der Waals surface area (Å²) >= 11 is 0. The molecule has 0 aliphatic rings. The number of hydrogen-bond donors (Lipinski definition) is 4. The topological polar surface area (TPSA) is 172 Å². The zero-order valence-corrected chi connectivity index (χ0v) is 18.4. The van der Waals surface area contributed by atoms with Gasteiger partial charge in [0.1, 0.15) is 0 Å². The van der Waals surface area contributed by atoms with Crippen LogP contribution in [0.15, 0.2) is 47.5 Å². The van der Waals surface area contributed by atoms with Crippen LogP contribution in [0.2, 0.25) is 0 Å². The predicted molar refractivity (Wildman–Crippen MR) is 119 cm³/mol. The first kappa shape index (κ1) is 23.7. The molecule has 0 aliphatic carbocycles. The average molecular weight is 476 g/mol. The molecule has 0 aliphatic heterocycles. The number of hydrogen-bond acceptors (Lipinski definition) is 9. The Balaban J connectivity index is 1.83. The largest absolute Gasteiger partial charge is 0.493 e. The summed E-state index contributed by atoms with van der Waals surface area (Å²) < 4.78 is 48.3. The fraction of sp³-hybridized carbons (Fsp3) is 0.150. The van der Waals surface area contributed by atoms with Crippen LogP contribution in [-0.2, 0) is 14.8 Å². The minimum Gasteiger partial charge on any atom is -0.493 e. The van der Waals surface area contributed by atoms with Crippen molar-refractivity contribution in [2.24, 2.45) is 10.9 Å². The molecule has 0 unspecified atom stereocenters. The molecule has 3 rings (SSSR count). The van der Waals surface area contributed by atoms with Crippen molar-refractivity contribution in [3.63, 3.8) is 0 Å². The third-order valence-corrected chi connectivity index (χ3v) is 5.34. The summed E-state index contributed by atoms with van der Waals surface area (Å²) in [5.41, 5.74) is 6.30. The summed E-state index contributed by atoms with van der Waals surface area (Å²) in [5, 5.41) is 10.8. The number of primary amides is 1. The highest BCUT2D eigenvalue weighted by atomic mass is 32.2. The van der Waals surface area contributed by atoms with E-state index in [-0.39, 0.29) is 34.8 Å². The van der Waals surface area contributed by atoms with Gasteiger partial charge in [-0.05, 0) is 36.8 Å². The van der Waals surface area contributed by atoms with Crippen molar-refractivity contribution in [3.8, 4) is 11.5 Å². The van der Waals surface area contributed by atoms with Crippen molar-refractivity contribution in [3.05, 3.63) is 54.0 Å². The molecule has 1 aromatic heterocycles. The lowest BCUT2D eigenvalue weighted by molar-refractivity contribution is -0.119. The third-order valence-electron chi connectivity index (χ3n) is 4.29. The number of nitrogens with two attached hydrogens (primary N) is 2. The SMILES string of the molecule is COc1cc(Nc2nc(Nc3ccc(C)c(S(N)(=O)=O)c3)ncc2F)ccc1OCC(N)=O. The van der Waals surface area contributed by atoms with Gasteiger partial charge in [-0.15, -0.1) is 0 Å². The van der Waals surface area contributed by atoms with Gasteiger partial charge in [-0.2, -0.15) is 4.98 Å². The molecular formula is C20H21FN6O5S. The lowest BCUT2D eigenvalue weighted by atomic mass is 10.2. The van der Waals surface area contributed by atoms with E-state index in [1.165, 1.54) is 25.3 Å². The van der Waals surface area contributed by atoms with Crippen LogP contribution >= 0.6 is 0 Å². The first-order chi connectivity index (χ1) is 15.6. The van der Waals surface area contributed by atoms with Crippen molar-refractivity contribution < 1.29 is 27.1 Å². The van der Waals surface area contributed by atoms with Crippen molar-refractivity contribution in [2.75, 3.05) is 24.4 Å². The number of amides is 1. The second-order valence-corrected chi connectivity index (χ2v) is 8.32. The van der Waals surface area contributed by atoms with Gasteiger partial charge < -0.3 is 25.8 Å². The number of anilines is 4. The lowest BCUT2D eigenvalue weighted by Crippen LogP contribution is -2.20. The molecular weight excluding hydrogens is 455 g/mol. The highest BCUT2D eigenvalue weighted by molar-refractivity contribution is 7.89. The molecule has 1 heterocycles. The van der Waals surface area contributed by atoms with Gasteiger partial charge in [-0.25, -0.2) is 22.9 Å². The minimum atomic E-state index is -3.92. The number of ether oxygens (including phenoxy) is 2. The molecule has 2 aromatic carbocycles. The van der Waals surface area contributed by atoms with E-state index in [1.54, 1.807) is 25.1 Å². The van der Waals surface area contributed by atoms with E-state index in [0.717, 1.165) is 6.20 Å². The summed E-state index contributed by atoms with van der Waals surface area (Å²) in [6.07, 6.45) is 0.952. The maximum atomic E-state index is 14.3. The number of aryl methyl sites for hydroxylation is 1. The Morgan fingerprint density at radius 3 is 2.48 bits per heavy atom. The Bertz CT molecular complexity index is 1300. The molecule has 11 nitrogen and oxygen atoms in total. The van der Waals surface area contributed by atoms with Gasteiger partial charge in [0.25, 0.3) is 5.91 Å². The van der Waals surface area contributed by atoms with Gasteiger partial charge >= 0.3 is 0 Å². The lowest BCUT2D eigenvalue weighted by Gasteiger charge is -2.13. The van der Waals surface area contributed by atoms with E-state index in [1.807, 2.05) is 0 Å². The van der Waals surface area contributed by atoms with Gasteiger partial charge in [-0.1, -0.05) is 6.07 Å². The number of aromatic nitrogens is 2. The quantitative estimate of drug-likeness (QED) is 0.360. The Morgan fingerprint density at radius 1 is 1.12 bits per heavy atom. The predicted octanol–water partition coefficient (Wildman–Crippen LogP) is 1.93. The molecule has 3 aromatic rings. The molecule has 0 atom stereocenters. The maximum absolute atomic E-state index is 14.3.